The van der Waals surface area contributed by atoms with Gasteiger partial charge in [-0.25, -0.2) is 0 Å². The lowest BCUT2D eigenvalue weighted by Gasteiger charge is -2.17. The van der Waals surface area contributed by atoms with Crippen molar-refractivity contribution in [3.8, 4) is 11.5 Å². The van der Waals surface area contributed by atoms with Crippen molar-refractivity contribution >= 4 is 17.3 Å². The third-order valence-electron chi connectivity index (χ3n) is 3.46. The number of hydrogen-bond donors (Lipinski definition) is 1. The fraction of sp³-hybridized carbons (Fsp3) is 0.278. The maximum Gasteiger partial charge on any atom is 0.422 e. The standard InChI is InChI=1S/C18H17F3N2O5/c1-2-16(28-14-6-4-3-5-7-14)17(24)22-12-8-13(23(25)26)10-15(9-12)27-11-18(19,20)21/h3-10,16H,2,11H2,1H3,(H,22,24). The van der Waals surface area contributed by atoms with Crippen LogP contribution >= 0.6 is 0 Å². The second-order valence-electron chi connectivity index (χ2n) is 5.69. The molecule has 0 aliphatic carbocycles. The van der Waals surface area contributed by atoms with Gasteiger partial charge in [-0.05, 0) is 18.6 Å². The van der Waals surface area contributed by atoms with Gasteiger partial charge in [0.15, 0.2) is 12.7 Å². The molecule has 0 aromatic heterocycles. The summed E-state index contributed by atoms with van der Waals surface area (Å²) in [5, 5.41) is 13.4. The lowest BCUT2D eigenvalue weighted by atomic mass is 10.2. The lowest BCUT2D eigenvalue weighted by molar-refractivity contribution is -0.384. The average Bonchev–Trinajstić information content (AvgIpc) is 2.64. The Morgan fingerprint density at radius 3 is 2.43 bits per heavy atom. The molecule has 150 valence electrons. The van der Waals surface area contributed by atoms with Gasteiger partial charge in [0.2, 0.25) is 0 Å². The third-order valence-corrected chi connectivity index (χ3v) is 3.46. The van der Waals surface area contributed by atoms with E-state index in [1.807, 2.05) is 0 Å². The van der Waals surface area contributed by atoms with Gasteiger partial charge in [-0.1, -0.05) is 25.1 Å². The van der Waals surface area contributed by atoms with Crippen LogP contribution in [0.15, 0.2) is 48.5 Å². The molecule has 1 unspecified atom stereocenters. The largest absolute Gasteiger partial charge is 0.484 e. The molecule has 0 saturated heterocycles. The summed E-state index contributed by atoms with van der Waals surface area (Å²) in [5.41, 5.74) is -0.599. The van der Waals surface area contributed by atoms with Crippen LogP contribution in [0.4, 0.5) is 24.5 Å². The van der Waals surface area contributed by atoms with Crippen molar-refractivity contribution in [1.29, 1.82) is 0 Å². The third kappa shape index (κ3) is 6.45. The number of benzene rings is 2. The fourth-order valence-electron chi connectivity index (χ4n) is 2.22. The van der Waals surface area contributed by atoms with Crippen molar-refractivity contribution in [2.24, 2.45) is 0 Å². The Hall–Kier alpha value is -3.30. The average molecular weight is 398 g/mol. The molecule has 1 N–H and O–H groups in total. The lowest BCUT2D eigenvalue weighted by Crippen LogP contribution is -2.32. The summed E-state index contributed by atoms with van der Waals surface area (Å²) in [6.45, 7) is 0.0920. The number of para-hydroxylation sites is 1. The van der Waals surface area contributed by atoms with Gasteiger partial charge >= 0.3 is 6.18 Å². The number of ether oxygens (including phenoxy) is 2. The number of non-ortho nitro benzene ring substituents is 1. The van der Waals surface area contributed by atoms with Crippen LogP contribution in [0, 0.1) is 10.1 Å². The number of rotatable bonds is 8. The molecule has 0 fully saturated rings. The zero-order valence-electron chi connectivity index (χ0n) is 14.7. The monoisotopic (exact) mass is 398 g/mol. The molecule has 0 aliphatic heterocycles. The van der Waals surface area contributed by atoms with Crippen LogP contribution in [0.1, 0.15) is 13.3 Å². The number of amides is 1. The highest BCUT2D eigenvalue weighted by Gasteiger charge is 2.29. The van der Waals surface area contributed by atoms with E-state index >= 15 is 0 Å². The van der Waals surface area contributed by atoms with E-state index in [9.17, 15) is 28.1 Å². The SMILES string of the molecule is CCC(Oc1ccccc1)C(=O)Nc1cc(OCC(F)(F)F)cc([N+](=O)[O-])c1. The Labute approximate surface area is 158 Å². The van der Waals surface area contributed by atoms with Gasteiger partial charge < -0.3 is 14.8 Å². The molecule has 2 aromatic rings. The van der Waals surface area contributed by atoms with Crippen molar-refractivity contribution in [2.45, 2.75) is 25.6 Å². The number of carbonyl (C=O) groups excluding carboxylic acids is 1. The summed E-state index contributed by atoms with van der Waals surface area (Å²) in [6.07, 6.45) is -5.21. The van der Waals surface area contributed by atoms with E-state index in [1.165, 1.54) is 0 Å². The van der Waals surface area contributed by atoms with Crippen LogP contribution in [0.3, 0.4) is 0 Å². The fourth-order valence-corrected chi connectivity index (χ4v) is 2.22. The summed E-state index contributed by atoms with van der Waals surface area (Å²) in [7, 11) is 0. The van der Waals surface area contributed by atoms with Crippen molar-refractivity contribution < 1.29 is 32.4 Å². The number of halogens is 3. The Kier molecular flexibility index (Phi) is 6.80. The number of nitrogens with one attached hydrogen (secondary N) is 1. The number of hydrogen-bond acceptors (Lipinski definition) is 5. The maximum absolute atomic E-state index is 12.4. The highest BCUT2D eigenvalue weighted by Crippen LogP contribution is 2.28. The molecule has 0 spiro atoms. The van der Waals surface area contributed by atoms with E-state index in [0.29, 0.717) is 12.2 Å². The maximum atomic E-state index is 12.4. The predicted octanol–water partition coefficient (Wildman–Crippen LogP) is 4.33. The molecule has 0 heterocycles. The van der Waals surface area contributed by atoms with Crippen LogP contribution in [0.2, 0.25) is 0 Å². The number of alkyl halides is 3. The highest BCUT2D eigenvalue weighted by atomic mass is 19.4. The molecule has 0 aliphatic rings. The van der Waals surface area contributed by atoms with E-state index in [4.69, 9.17) is 4.74 Å². The topological polar surface area (TPSA) is 90.7 Å². The molecule has 2 rings (SSSR count). The minimum atomic E-state index is -4.61. The molecule has 1 amide bonds. The molecule has 10 heteroatoms. The Morgan fingerprint density at radius 2 is 1.86 bits per heavy atom. The molecular weight excluding hydrogens is 381 g/mol. The van der Waals surface area contributed by atoms with Gasteiger partial charge in [-0.2, -0.15) is 13.2 Å². The summed E-state index contributed by atoms with van der Waals surface area (Å²) < 4.78 is 47.1. The molecule has 1 atom stereocenters. The minimum absolute atomic E-state index is 0.0773. The predicted molar refractivity (Wildman–Crippen MR) is 94.4 cm³/mol. The smallest absolute Gasteiger partial charge is 0.422 e. The van der Waals surface area contributed by atoms with Crippen molar-refractivity contribution in [3.63, 3.8) is 0 Å². The van der Waals surface area contributed by atoms with E-state index in [-0.39, 0.29) is 11.4 Å². The van der Waals surface area contributed by atoms with Crippen LogP contribution in [-0.4, -0.2) is 29.7 Å². The first-order chi connectivity index (χ1) is 13.2. The van der Waals surface area contributed by atoms with E-state index in [2.05, 4.69) is 10.1 Å². The number of nitro groups is 1. The highest BCUT2D eigenvalue weighted by molar-refractivity contribution is 5.94. The van der Waals surface area contributed by atoms with Crippen LogP contribution in [-0.2, 0) is 4.79 Å². The van der Waals surface area contributed by atoms with Crippen molar-refractivity contribution in [3.05, 3.63) is 58.6 Å². The summed E-state index contributed by atoms with van der Waals surface area (Å²) in [6, 6.07) is 11.5. The number of carbonyl (C=O) groups is 1. The second kappa shape index (κ2) is 9.07. The second-order valence-corrected chi connectivity index (χ2v) is 5.69. The molecule has 28 heavy (non-hydrogen) atoms. The van der Waals surface area contributed by atoms with E-state index < -0.39 is 35.4 Å². The molecule has 2 aromatic carbocycles. The van der Waals surface area contributed by atoms with Gasteiger partial charge in [0.05, 0.1) is 16.7 Å². The van der Waals surface area contributed by atoms with E-state index in [1.54, 1.807) is 37.3 Å². The first-order valence-corrected chi connectivity index (χ1v) is 8.19. The number of nitro benzene ring substituents is 1. The van der Waals surface area contributed by atoms with Crippen LogP contribution in [0.25, 0.3) is 0 Å². The van der Waals surface area contributed by atoms with Gasteiger partial charge in [-0.15, -0.1) is 0 Å². The van der Waals surface area contributed by atoms with E-state index in [0.717, 1.165) is 18.2 Å². The van der Waals surface area contributed by atoms with Crippen molar-refractivity contribution in [1.82, 2.24) is 0 Å². The number of nitrogens with zero attached hydrogens (tertiary/aromatic N) is 1. The van der Waals surface area contributed by atoms with Crippen LogP contribution in [0.5, 0.6) is 11.5 Å². The summed E-state index contributed by atoms with van der Waals surface area (Å²) >= 11 is 0. The Balaban J connectivity index is 2.16. The summed E-state index contributed by atoms with van der Waals surface area (Å²) in [5.74, 6) is -0.537. The first-order valence-electron chi connectivity index (χ1n) is 8.19. The molecule has 0 saturated carbocycles. The zero-order valence-corrected chi connectivity index (χ0v) is 14.7. The molecular formula is C18H17F3N2O5. The van der Waals surface area contributed by atoms with Gasteiger partial charge in [-0.3, -0.25) is 14.9 Å². The Morgan fingerprint density at radius 1 is 1.18 bits per heavy atom. The first kappa shape index (κ1) is 21.0. The number of anilines is 1. The normalized spacial score (nSPS) is 12.1. The molecule has 0 bridgehead atoms. The quantitative estimate of drug-likeness (QED) is 0.528. The van der Waals surface area contributed by atoms with Crippen LogP contribution < -0.4 is 14.8 Å². The Bertz CT molecular complexity index is 828. The minimum Gasteiger partial charge on any atom is -0.484 e. The van der Waals surface area contributed by atoms with Crippen molar-refractivity contribution in [2.75, 3.05) is 11.9 Å². The van der Waals surface area contributed by atoms with Gasteiger partial charge in [0.25, 0.3) is 11.6 Å². The zero-order chi connectivity index (χ0) is 20.7. The molecule has 0 radical (unpaired) electrons. The van der Waals surface area contributed by atoms with Gasteiger partial charge in [0, 0.05) is 12.1 Å². The molecule has 7 nitrogen and oxygen atoms in total. The van der Waals surface area contributed by atoms with Gasteiger partial charge in [0.1, 0.15) is 11.5 Å². The summed E-state index contributed by atoms with van der Waals surface area (Å²) in [4.78, 5) is 22.6.